The largest absolute Gasteiger partial charge is 0.497 e. The third-order valence-electron chi connectivity index (χ3n) is 3.38. The minimum absolute atomic E-state index is 0.0711. The van der Waals surface area contributed by atoms with Crippen LogP contribution in [0.15, 0.2) is 54.6 Å². The average molecular weight is 299 g/mol. The van der Waals surface area contributed by atoms with Crippen LogP contribution in [0.25, 0.3) is 0 Å². The van der Waals surface area contributed by atoms with Crippen molar-refractivity contribution in [3.05, 3.63) is 60.2 Å². The topological polar surface area (TPSA) is 38.8 Å². The molecule has 0 saturated heterocycles. The fourth-order valence-corrected chi connectivity index (χ4v) is 1.99. The summed E-state index contributed by atoms with van der Waals surface area (Å²) in [6.45, 7) is 1.04. The number of methoxy groups -OCH3 is 1. The lowest BCUT2D eigenvalue weighted by molar-refractivity contribution is -0.129. The van der Waals surface area contributed by atoms with Gasteiger partial charge in [0.1, 0.15) is 18.1 Å². The normalized spacial score (nSPS) is 10.1. The van der Waals surface area contributed by atoms with Crippen LogP contribution in [-0.4, -0.2) is 38.1 Å². The second-order valence-electron chi connectivity index (χ2n) is 5.00. The van der Waals surface area contributed by atoms with Gasteiger partial charge in [0.2, 0.25) is 5.91 Å². The first-order chi connectivity index (χ1) is 10.7. The molecule has 2 aromatic carbocycles. The molecule has 22 heavy (non-hydrogen) atoms. The van der Waals surface area contributed by atoms with Crippen molar-refractivity contribution in [1.82, 2.24) is 4.90 Å². The molecule has 1 amide bonds. The van der Waals surface area contributed by atoms with E-state index in [1.54, 1.807) is 19.1 Å². The van der Waals surface area contributed by atoms with E-state index in [1.807, 2.05) is 54.6 Å². The monoisotopic (exact) mass is 299 g/mol. The van der Waals surface area contributed by atoms with E-state index < -0.39 is 0 Å². The number of amides is 1. The van der Waals surface area contributed by atoms with Gasteiger partial charge in [-0.25, -0.2) is 0 Å². The zero-order valence-electron chi connectivity index (χ0n) is 13.0. The van der Waals surface area contributed by atoms with Crippen LogP contribution in [0, 0.1) is 0 Å². The lowest BCUT2D eigenvalue weighted by Crippen LogP contribution is -2.32. The van der Waals surface area contributed by atoms with E-state index in [0.717, 1.165) is 17.1 Å². The first-order valence-corrected chi connectivity index (χ1v) is 7.24. The van der Waals surface area contributed by atoms with Crippen molar-refractivity contribution in [2.45, 2.75) is 6.42 Å². The molecule has 4 nitrogen and oxygen atoms in total. The van der Waals surface area contributed by atoms with E-state index in [0.29, 0.717) is 19.6 Å². The lowest BCUT2D eigenvalue weighted by Gasteiger charge is -2.17. The molecule has 116 valence electrons. The molecular formula is C18H21NO3. The van der Waals surface area contributed by atoms with Crippen molar-refractivity contribution < 1.29 is 14.3 Å². The summed E-state index contributed by atoms with van der Waals surface area (Å²) in [6.07, 6.45) is 0.381. The fourth-order valence-electron chi connectivity index (χ4n) is 1.99. The molecule has 0 spiro atoms. The number of likely N-dealkylation sites (N-methyl/N-ethyl adjacent to an activating group) is 1. The summed E-state index contributed by atoms with van der Waals surface area (Å²) in [7, 11) is 3.42. The minimum Gasteiger partial charge on any atom is -0.497 e. The number of benzene rings is 2. The number of rotatable bonds is 7. The van der Waals surface area contributed by atoms with Gasteiger partial charge in [-0.1, -0.05) is 30.3 Å². The summed E-state index contributed by atoms with van der Waals surface area (Å²) in [4.78, 5) is 13.8. The smallest absolute Gasteiger partial charge is 0.226 e. The van der Waals surface area contributed by atoms with Crippen LogP contribution in [0.4, 0.5) is 0 Å². The van der Waals surface area contributed by atoms with Crippen molar-refractivity contribution in [3.63, 3.8) is 0 Å². The third kappa shape index (κ3) is 4.81. The van der Waals surface area contributed by atoms with E-state index in [-0.39, 0.29) is 5.91 Å². The molecule has 0 aromatic heterocycles. The Balaban J connectivity index is 1.76. The van der Waals surface area contributed by atoms with Gasteiger partial charge >= 0.3 is 0 Å². The molecule has 2 aromatic rings. The highest BCUT2D eigenvalue weighted by Crippen LogP contribution is 2.12. The van der Waals surface area contributed by atoms with Gasteiger partial charge in [0.05, 0.1) is 20.1 Å². The van der Waals surface area contributed by atoms with E-state index in [2.05, 4.69) is 0 Å². The first kappa shape index (κ1) is 15.9. The van der Waals surface area contributed by atoms with Crippen molar-refractivity contribution in [2.75, 3.05) is 27.3 Å². The molecule has 0 saturated carbocycles. The second-order valence-corrected chi connectivity index (χ2v) is 5.00. The van der Waals surface area contributed by atoms with Crippen molar-refractivity contribution in [2.24, 2.45) is 0 Å². The molecule has 0 N–H and O–H groups in total. The maximum atomic E-state index is 12.1. The van der Waals surface area contributed by atoms with Crippen molar-refractivity contribution in [1.29, 1.82) is 0 Å². The van der Waals surface area contributed by atoms with Crippen LogP contribution in [0.3, 0.4) is 0 Å². The van der Waals surface area contributed by atoms with Crippen LogP contribution >= 0.6 is 0 Å². The SMILES string of the molecule is COc1ccc(CC(=O)N(C)CCOc2ccccc2)cc1. The van der Waals surface area contributed by atoms with Crippen LogP contribution in [0.1, 0.15) is 5.56 Å². The molecule has 0 fully saturated rings. The highest BCUT2D eigenvalue weighted by atomic mass is 16.5. The van der Waals surface area contributed by atoms with Gasteiger partial charge in [-0.15, -0.1) is 0 Å². The summed E-state index contributed by atoms with van der Waals surface area (Å²) in [5.74, 6) is 1.68. The van der Waals surface area contributed by atoms with Gasteiger partial charge in [-0.2, -0.15) is 0 Å². The number of para-hydroxylation sites is 1. The minimum atomic E-state index is 0.0711. The molecule has 0 aliphatic heterocycles. The molecule has 0 radical (unpaired) electrons. The van der Waals surface area contributed by atoms with Crippen LogP contribution in [-0.2, 0) is 11.2 Å². The van der Waals surface area contributed by atoms with E-state index in [1.165, 1.54) is 0 Å². The van der Waals surface area contributed by atoms with Crippen LogP contribution in [0.5, 0.6) is 11.5 Å². The molecule has 0 aliphatic rings. The van der Waals surface area contributed by atoms with Gasteiger partial charge in [0.15, 0.2) is 0 Å². The number of carbonyl (C=O) groups is 1. The highest BCUT2D eigenvalue weighted by Gasteiger charge is 2.09. The summed E-state index contributed by atoms with van der Waals surface area (Å²) in [5.41, 5.74) is 0.974. The predicted molar refractivity (Wildman–Crippen MR) is 86.3 cm³/mol. The average Bonchev–Trinajstić information content (AvgIpc) is 2.56. The first-order valence-electron chi connectivity index (χ1n) is 7.24. The van der Waals surface area contributed by atoms with Crippen LogP contribution < -0.4 is 9.47 Å². The van der Waals surface area contributed by atoms with E-state index in [9.17, 15) is 4.79 Å². The molecule has 0 aliphatic carbocycles. The fraction of sp³-hybridized carbons (Fsp3) is 0.278. The maximum absolute atomic E-state index is 12.1. The van der Waals surface area contributed by atoms with Crippen molar-refractivity contribution >= 4 is 5.91 Å². The molecule has 4 heteroatoms. The Morgan fingerprint density at radius 3 is 2.32 bits per heavy atom. The summed E-state index contributed by atoms with van der Waals surface area (Å²) in [5, 5.41) is 0. The lowest BCUT2D eigenvalue weighted by atomic mass is 10.1. The Labute approximate surface area is 131 Å². The summed E-state index contributed by atoms with van der Waals surface area (Å²) >= 11 is 0. The standard InChI is InChI=1S/C18H21NO3/c1-19(12-13-22-17-6-4-3-5-7-17)18(20)14-15-8-10-16(21-2)11-9-15/h3-11H,12-14H2,1-2H3. The van der Waals surface area contributed by atoms with E-state index in [4.69, 9.17) is 9.47 Å². The van der Waals surface area contributed by atoms with Gasteiger partial charge in [0.25, 0.3) is 0 Å². The molecule has 0 heterocycles. The zero-order chi connectivity index (χ0) is 15.8. The van der Waals surface area contributed by atoms with Crippen LogP contribution in [0.2, 0.25) is 0 Å². The number of hydrogen-bond donors (Lipinski definition) is 0. The maximum Gasteiger partial charge on any atom is 0.226 e. The molecule has 0 bridgehead atoms. The molecule has 0 unspecified atom stereocenters. The van der Waals surface area contributed by atoms with Crippen molar-refractivity contribution in [3.8, 4) is 11.5 Å². The zero-order valence-corrected chi connectivity index (χ0v) is 13.0. The van der Waals surface area contributed by atoms with Gasteiger partial charge < -0.3 is 14.4 Å². The third-order valence-corrected chi connectivity index (χ3v) is 3.38. The molecule has 2 rings (SSSR count). The van der Waals surface area contributed by atoms with Gasteiger partial charge in [0, 0.05) is 7.05 Å². The molecular weight excluding hydrogens is 278 g/mol. The number of carbonyl (C=O) groups excluding carboxylic acids is 1. The predicted octanol–water partition coefficient (Wildman–Crippen LogP) is 2.78. The number of ether oxygens (including phenoxy) is 2. The summed E-state index contributed by atoms with van der Waals surface area (Å²) < 4.78 is 10.7. The second kappa shape index (κ2) is 8.08. The van der Waals surface area contributed by atoms with Gasteiger partial charge in [-0.3, -0.25) is 4.79 Å². The molecule has 0 atom stereocenters. The summed E-state index contributed by atoms with van der Waals surface area (Å²) in [6, 6.07) is 17.1. The quantitative estimate of drug-likeness (QED) is 0.789. The Kier molecular flexibility index (Phi) is 5.83. The van der Waals surface area contributed by atoms with Gasteiger partial charge in [-0.05, 0) is 29.8 Å². The Morgan fingerprint density at radius 2 is 1.68 bits per heavy atom. The number of nitrogens with zero attached hydrogens (tertiary/aromatic N) is 1. The Morgan fingerprint density at radius 1 is 1.00 bits per heavy atom. The number of hydrogen-bond acceptors (Lipinski definition) is 3. The van der Waals surface area contributed by atoms with E-state index >= 15 is 0 Å². The Bertz CT molecular complexity index is 581. The highest BCUT2D eigenvalue weighted by molar-refractivity contribution is 5.78. The Hall–Kier alpha value is -2.49.